The highest BCUT2D eigenvalue weighted by atomic mass is 32.1. The van der Waals surface area contributed by atoms with E-state index in [0.29, 0.717) is 12.6 Å². The second-order valence-electron chi connectivity index (χ2n) is 8.31. The molecule has 5 rings (SSSR count). The van der Waals surface area contributed by atoms with Gasteiger partial charge in [0.2, 0.25) is 0 Å². The lowest BCUT2D eigenvalue weighted by Crippen LogP contribution is -2.45. The number of ether oxygens (including phenoxy) is 1. The van der Waals surface area contributed by atoms with Crippen molar-refractivity contribution in [3.05, 3.63) is 70.9 Å². The summed E-state index contributed by atoms with van der Waals surface area (Å²) in [6.45, 7) is 3.61. The van der Waals surface area contributed by atoms with Crippen LogP contribution in [0.2, 0.25) is 0 Å². The Kier molecular flexibility index (Phi) is 5.74. The Labute approximate surface area is 187 Å². The highest BCUT2D eigenvalue weighted by Crippen LogP contribution is 2.42. The number of carbonyl (C=O) groups excluding carboxylic acids is 1. The molecule has 6 heteroatoms. The molecule has 1 fully saturated rings. The third-order valence-corrected chi connectivity index (χ3v) is 7.57. The molecule has 0 atom stereocenters. The third kappa shape index (κ3) is 4.23. The molecule has 1 amide bonds. The summed E-state index contributed by atoms with van der Waals surface area (Å²) < 4.78 is 5.86. The van der Waals surface area contributed by atoms with Crippen molar-refractivity contribution >= 4 is 17.2 Å². The summed E-state index contributed by atoms with van der Waals surface area (Å²) in [5.74, 6) is 1.03. The summed E-state index contributed by atoms with van der Waals surface area (Å²) in [7, 11) is 1.96. The maximum Gasteiger partial charge on any atom is 0.263 e. The fraction of sp³-hybridized carbons (Fsp3) is 0.360. The summed E-state index contributed by atoms with van der Waals surface area (Å²) in [6, 6.07) is 16.5. The number of hydrogen-bond donors (Lipinski definition) is 0. The van der Waals surface area contributed by atoms with Gasteiger partial charge in [-0.1, -0.05) is 18.2 Å². The van der Waals surface area contributed by atoms with Gasteiger partial charge in [0.1, 0.15) is 12.4 Å². The molecular weight excluding hydrogens is 406 g/mol. The van der Waals surface area contributed by atoms with Crippen molar-refractivity contribution in [1.82, 2.24) is 14.8 Å². The zero-order valence-corrected chi connectivity index (χ0v) is 18.6. The Morgan fingerprint density at radius 2 is 2.00 bits per heavy atom. The minimum absolute atomic E-state index is 0.129. The highest BCUT2D eigenvalue weighted by Gasteiger charge is 2.29. The van der Waals surface area contributed by atoms with Gasteiger partial charge < -0.3 is 14.5 Å². The van der Waals surface area contributed by atoms with E-state index in [9.17, 15) is 4.79 Å². The Bertz CT molecular complexity index is 1060. The van der Waals surface area contributed by atoms with E-state index in [1.54, 1.807) is 11.3 Å². The lowest BCUT2D eigenvalue weighted by Gasteiger charge is -2.36. The predicted octanol–water partition coefficient (Wildman–Crippen LogP) is 4.48. The van der Waals surface area contributed by atoms with Crippen LogP contribution in [0.3, 0.4) is 0 Å². The molecule has 2 aliphatic rings. The first-order chi connectivity index (χ1) is 15.2. The zero-order chi connectivity index (χ0) is 21.2. The second-order valence-corrected chi connectivity index (χ2v) is 9.36. The van der Waals surface area contributed by atoms with Gasteiger partial charge in [0.25, 0.3) is 5.91 Å². The standard InChI is InChI=1S/C25H27N3O2S/c1-27(20-10-14-28(15-11-20)13-9-19-6-4-5-12-26-19)25(29)23-16-18-17-30-22-8-3-2-7-21(22)24(18)31-23/h2-8,12,16,20H,9-11,13-15,17H2,1H3. The number of carbonyl (C=O) groups is 1. The maximum absolute atomic E-state index is 13.2. The second kappa shape index (κ2) is 8.81. The summed E-state index contributed by atoms with van der Waals surface area (Å²) in [5.41, 5.74) is 3.35. The van der Waals surface area contributed by atoms with Gasteiger partial charge >= 0.3 is 0 Å². The third-order valence-electron chi connectivity index (χ3n) is 6.37. The van der Waals surface area contributed by atoms with Gasteiger partial charge in [-0.2, -0.15) is 0 Å². The Morgan fingerprint density at radius 3 is 2.81 bits per heavy atom. The van der Waals surface area contributed by atoms with Gasteiger partial charge in [0.15, 0.2) is 0 Å². The number of nitrogens with zero attached hydrogens (tertiary/aromatic N) is 3. The Hall–Kier alpha value is -2.70. The summed E-state index contributed by atoms with van der Waals surface area (Å²) in [4.78, 5) is 24.1. The van der Waals surface area contributed by atoms with Crippen LogP contribution in [0.1, 0.15) is 33.8 Å². The van der Waals surface area contributed by atoms with E-state index in [2.05, 4.69) is 22.0 Å². The Balaban J connectivity index is 1.20. The molecule has 0 saturated carbocycles. The van der Waals surface area contributed by atoms with Crippen molar-refractivity contribution in [3.63, 3.8) is 0 Å². The predicted molar refractivity (Wildman–Crippen MR) is 124 cm³/mol. The maximum atomic E-state index is 13.2. The normalized spacial score (nSPS) is 16.3. The molecular formula is C25H27N3O2S. The number of aromatic nitrogens is 1. The molecule has 2 aromatic heterocycles. The molecule has 3 aromatic rings. The lowest BCUT2D eigenvalue weighted by atomic mass is 10.0. The number of hydrogen-bond acceptors (Lipinski definition) is 5. The number of thiophene rings is 1. The molecule has 5 nitrogen and oxygen atoms in total. The number of amides is 1. The average molecular weight is 434 g/mol. The molecule has 0 radical (unpaired) electrons. The van der Waals surface area contributed by atoms with Gasteiger partial charge in [0, 0.05) is 67.0 Å². The van der Waals surface area contributed by atoms with E-state index in [4.69, 9.17) is 4.74 Å². The first-order valence-corrected chi connectivity index (χ1v) is 11.7. The van der Waals surface area contributed by atoms with E-state index in [-0.39, 0.29) is 5.91 Å². The molecule has 160 valence electrons. The molecule has 0 aliphatic carbocycles. The fourth-order valence-electron chi connectivity index (χ4n) is 4.49. The molecule has 1 saturated heterocycles. The van der Waals surface area contributed by atoms with Crippen LogP contribution in [0.4, 0.5) is 0 Å². The van der Waals surface area contributed by atoms with Crippen LogP contribution >= 0.6 is 11.3 Å². The molecule has 0 bridgehead atoms. The fourth-order valence-corrected chi connectivity index (χ4v) is 5.67. The monoisotopic (exact) mass is 433 g/mol. The van der Waals surface area contributed by atoms with E-state index >= 15 is 0 Å². The van der Waals surface area contributed by atoms with Crippen molar-refractivity contribution < 1.29 is 9.53 Å². The van der Waals surface area contributed by atoms with Gasteiger partial charge in [-0.3, -0.25) is 9.78 Å². The molecule has 0 spiro atoms. The van der Waals surface area contributed by atoms with E-state index in [1.807, 2.05) is 54.5 Å². The average Bonchev–Trinajstić information content (AvgIpc) is 3.28. The van der Waals surface area contributed by atoms with Crippen LogP contribution in [0.15, 0.2) is 54.7 Å². The molecule has 4 heterocycles. The van der Waals surface area contributed by atoms with E-state index in [0.717, 1.165) is 66.3 Å². The van der Waals surface area contributed by atoms with Crippen LogP contribution in [0.25, 0.3) is 10.4 Å². The number of para-hydroxylation sites is 1. The van der Waals surface area contributed by atoms with Crippen LogP contribution in [-0.2, 0) is 13.0 Å². The van der Waals surface area contributed by atoms with Crippen LogP contribution in [-0.4, -0.2) is 53.4 Å². The molecule has 1 aromatic carbocycles. The number of benzene rings is 1. The summed E-state index contributed by atoms with van der Waals surface area (Å²) >= 11 is 1.60. The van der Waals surface area contributed by atoms with Crippen molar-refractivity contribution in [1.29, 1.82) is 0 Å². The van der Waals surface area contributed by atoms with Crippen LogP contribution in [0.5, 0.6) is 5.75 Å². The van der Waals surface area contributed by atoms with Crippen molar-refractivity contribution in [2.45, 2.75) is 31.9 Å². The SMILES string of the molecule is CN(C(=O)c1cc2c(s1)-c1ccccc1OC2)C1CCN(CCc2ccccn2)CC1. The topological polar surface area (TPSA) is 45.7 Å². The molecule has 0 unspecified atom stereocenters. The van der Waals surface area contributed by atoms with Gasteiger partial charge in [-0.05, 0) is 43.2 Å². The lowest BCUT2D eigenvalue weighted by molar-refractivity contribution is 0.0648. The minimum atomic E-state index is 0.129. The van der Waals surface area contributed by atoms with Crippen molar-refractivity contribution in [3.8, 4) is 16.2 Å². The first-order valence-electron chi connectivity index (χ1n) is 10.9. The molecule has 31 heavy (non-hydrogen) atoms. The number of pyridine rings is 1. The van der Waals surface area contributed by atoms with Crippen LogP contribution < -0.4 is 4.74 Å². The number of fused-ring (bicyclic) bond motifs is 3. The van der Waals surface area contributed by atoms with Crippen LogP contribution in [0, 0.1) is 0 Å². The number of piperidine rings is 1. The molecule has 2 aliphatic heterocycles. The van der Waals surface area contributed by atoms with E-state index in [1.165, 1.54) is 4.88 Å². The Morgan fingerprint density at radius 1 is 1.19 bits per heavy atom. The summed E-state index contributed by atoms with van der Waals surface area (Å²) in [5, 5.41) is 0. The van der Waals surface area contributed by atoms with E-state index < -0.39 is 0 Å². The highest BCUT2D eigenvalue weighted by molar-refractivity contribution is 7.17. The first kappa shape index (κ1) is 20.2. The number of likely N-dealkylation sites (tertiary alicyclic amines) is 1. The van der Waals surface area contributed by atoms with Crippen molar-refractivity contribution in [2.75, 3.05) is 26.7 Å². The minimum Gasteiger partial charge on any atom is -0.488 e. The summed E-state index contributed by atoms with van der Waals surface area (Å²) in [6.07, 6.45) is 4.86. The quantitative estimate of drug-likeness (QED) is 0.595. The molecule has 0 N–H and O–H groups in total. The zero-order valence-electron chi connectivity index (χ0n) is 17.8. The van der Waals surface area contributed by atoms with Gasteiger partial charge in [-0.15, -0.1) is 11.3 Å². The van der Waals surface area contributed by atoms with Gasteiger partial charge in [0.05, 0.1) is 4.88 Å². The number of rotatable bonds is 5. The largest absolute Gasteiger partial charge is 0.488 e. The smallest absolute Gasteiger partial charge is 0.263 e. The van der Waals surface area contributed by atoms with Gasteiger partial charge in [-0.25, -0.2) is 0 Å². The van der Waals surface area contributed by atoms with Crippen molar-refractivity contribution in [2.24, 2.45) is 0 Å².